The van der Waals surface area contributed by atoms with Gasteiger partial charge in [-0.1, -0.05) is 19.1 Å². The van der Waals surface area contributed by atoms with Gasteiger partial charge in [-0.3, -0.25) is 4.79 Å². The summed E-state index contributed by atoms with van der Waals surface area (Å²) in [5.41, 5.74) is -0.570. The molecule has 5 heteroatoms. The average molecular weight is 285 g/mol. The lowest BCUT2D eigenvalue weighted by Crippen LogP contribution is -2.48. The molecule has 1 aromatic rings. The highest BCUT2D eigenvalue weighted by Crippen LogP contribution is 2.21. The van der Waals surface area contributed by atoms with Crippen LogP contribution in [0.5, 0.6) is 0 Å². The zero-order chi connectivity index (χ0) is 14.3. The lowest BCUT2D eigenvalue weighted by atomic mass is 10.0. The molecular weight excluding hydrogens is 265 g/mol. The monoisotopic (exact) mass is 285 g/mol. The second kappa shape index (κ2) is 7.50. The van der Waals surface area contributed by atoms with E-state index in [0.29, 0.717) is 23.5 Å². The maximum Gasteiger partial charge on any atom is 0.221 e. The van der Waals surface area contributed by atoms with Gasteiger partial charge in [0.15, 0.2) is 0 Å². The van der Waals surface area contributed by atoms with E-state index in [-0.39, 0.29) is 18.3 Å². The number of hydrogen-bond donors (Lipinski definition) is 2. The van der Waals surface area contributed by atoms with Crippen LogP contribution in [0.4, 0.5) is 4.39 Å². The van der Waals surface area contributed by atoms with E-state index in [9.17, 15) is 14.3 Å². The lowest BCUT2D eigenvalue weighted by molar-refractivity contribution is -0.123. The molecule has 19 heavy (non-hydrogen) atoms. The fraction of sp³-hybridized carbons (Fsp3) is 0.500. The maximum atomic E-state index is 13.3. The Bertz CT molecular complexity index is 422. The van der Waals surface area contributed by atoms with Crippen molar-refractivity contribution in [3.63, 3.8) is 0 Å². The molecule has 1 aromatic carbocycles. The van der Waals surface area contributed by atoms with Gasteiger partial charge in [0.25, 0.3) is 0 Å². The molecule has 106 valence electrons. The molecule has 0 aliphatic carbocycles. The van der Waals surface area contributed by atoms with E-state index in [4.69, 9.17) is 0 Å². The molecule has 1 unspecified atom stereocenters. The van der Waals surface area contributed by atoms with Crippen LogP contribution in [-0.2, 0) is 4.79 Å². The van der Waals surface area contributed by atoms with Gasteiger partial charge < -0.3 is 10.4 Å². The minimum atomic E-state index is -0.570. The average Bonchev–Trinajstić information content (AvgIpc) is 2.41. The quantitative estimate of drug-likeness (QED) is 0.757. The van der Waals surface area contributed by atoms with Crippen LogP contribution in [0.15, 0.2) is 29.2 Å². The van der Waals surface area contributed by atoms with Crippen molar-refractivity contribution in [3.8, 4) is 0 Å². The minimum Gasteiger partial charge on any atom is -0.394 e. The molecule has 1 atom stereocenters. The first-order valence-electron chi connectivity index (χ1n) is 6.30. The lowest BCUT2D eigenvalue weighted by Gasteiger charge is -2.27. The predicted octanol–water partition coefficient (Wildman–Crippen LogP) is 2.59. The number of amides is 1. The molecule has 0 saturated carbocycles. The van der Waals surface area contributed by atoms with Crippen LogP contribution in [0.25, 0.3) is 0 Å². The molecule has 0 aromatic heterocycles. The van der Waals surface area contributed by atoms with Crippen LogP contribution in [0.3, 0.4) is 0 Å². The second-order valence-corrected chi connectivity index (χ2v) is 5.79. The first kappa shape index (κ1) is 16.0. The number of nitrogens with one attached hydrogen (secondary N) is 1. The Kier molecular flexibility index (Phi) is 6.31. The van der Waals surface area contributed by atoms with Gasteiger partial charge in [0.1, 0.15) is 5.82 Å². The van der Waals surface area contributed by atoms with Crippen LogP contribution in [0, 0.1) is 5.82 Å². The molecule has 0 bridgehead atoms. The number of hydrogen-bond acceptors (Lipinski definition) is 3. The van der Waals surface area contributed by atoms with Gasteiger partial charge >= 0.3 is 0 Å². The highest BCUT2D eigenvalue weighted by Gasteiger charge is 2.22. The number of halogens is 1. The Morgan fingerprint density at radius 3 is 2.74 bits per heavy atom. The summed E-state index contributed by atoms with van der Waals surface area (Å²) >= 11 is 1.32. The fourth-order valence-corrected chi connectivity index (χ4v) is 2.34. The number of carbonyl (C=O) groups is 1. The van der Waals surface area contributed by atoms with Crippen molar-refractivity contribution in [2.45, 2.75) is 37.1 Å². The zero-order valence-electron chi connectivity index (χ0n) is 11.3. The third-order valence-corrected chi connectivity index (χ3v) is 4.04. The third-order valence-electron chi connectivity index (χ3n) is 2.99. The van der Waals surface area contributed by atoms with Crippen molar-refractivity contribution in [1.82, 2.24) is 5.32 Å². The summed E-state index contributed by atoms with van der Waals surface area (Å²) < 4.78 is 13.3. The molecule has 0 radical (unpaired) electrons. The Morgan fingerprint density at radius 2 is 2.16 bits per heavy atom. The Labute approximate surface area is 117 Å². The number of carbonyl (C=O) groups excluding carboxylic acids is 1. The van der Waals surface area contributed by atoms with Gasteiger partial charge in [-0.2, -0.15) is 0 Å². The van der Waals surface area contributed by atoms with E-state index < -0.39 is 5.54 Å². The van der Waals surface area contributed by atoms with E-state index in [0.717, 1.165) is 0 Å². The van der Waals surface area contributed by atoms with Gasteiger partial charge in [0, 0.05) is 17.1 Å². The van der Waals surface area contributed by atoms with Crippen LogP contribution in [-0.4, -0.2) is 28.9 Å². The van der Waals surface area contributed by atoms with Crippen molar-refractivity contribution in [1.29, 1.82) is 0 Å². The molecular formula is C14H20FNO2S. The van der Waals surface area contributed by atoms with E-state index in [1.807, 2.05) is 6.92 Å². The van der Waals surface area contributed by atoms with Gasteiger partial charge in [-0.05, 0) is 25.5 Å². The van der Waals surface area contributed by atoms with Crippen molar-refractivity contribution < 1.29 is 14.3 Å². The van der Waals surface area contributed by atoms with E-state index in [1.165, 1.54) is 17.8 Å². The first-order valence-corrected chi connectivity index (χ1v) is 7.28. The number of aliphatic hydroxyl groups is 1. The smallest absolute Gasteiger partial charge is 0.221 e. The van der Waals surface area contributed by atoms with Crippen molar-refractivity contribution in [2.24, 2.45) is 0 Å². The molecule has 0 fully saturated rings. The summed E-state index contributed by atoms with van der Waals surface area (Å²) in [6, 6.07) is 6.51. The summed E-state index contributed by atoms with van der Waals surface area (Å²) in [6.07, 6.45) is 0.963. The number of aliphatic hydroxyl groups excluding tert-OH is 1. The first-order chi connectivity index (χ1) is 9.00. The molecule has 1 rings (SSSR count). The van der Waals surface area contributed by atoms with Gasteiger partial charge in [-0.25, -0.2) is 4.39 Å². The van der Waals surface area contributed by atoms with E-state index in [2.05, 4.69) is 5.32 Å². The Morgan fingerprint density at radius 1 is 1.47 bits per heavy atom. The highest BCUT2D eigenvalue weighted by molar-refractivity contribution is 7.99. The van der Waals surface area contributed by atoms with Crippen LogP contribution in [0.2, 0.25) is 0 Å². The largest absolute Gasteiger partial charge is 0.394 e. The normalized spacial score (nSPS) is 13.9. The van der Waals surface area contributed by atoms with Crippen LogP contribution in [0.1, 0.15) is 26.7 Å². The third kappa shape index (κ3) is 5.20. The molecule has 1 amide bonds. The summed E-state index contributed by atoms with van der Waals surface area (Å²) in [5.74, 6) is 0.127. The second-order valence-electron chi connectivity index (χ2n) is 4.65. The van der Waals surface area contributed by atoms with E-state index >= 15 is 0 Å². The molecule has 2 N–H and O–H groups in total. The van der Waals surface area contributed by atoms with Crippen molar-refractivity contribution in [3.05, 3.63) is 30.1 Å². The van der Waals surface area contributed by atoms with Crippen molar-refractivity contribution in [2.75, 3.05) is 12.4 Å². The fourth-order valence-electron chi connectivity index (χ4n) is 1.45. The number of benzene rings is 1. The Hall–Kier alpha value is -1.07. The Balaban J connectivity index is 2.37. The summed E-state index contributed by atoms with van der Waals surface area (Å²) in [4.78, 5) is 12.3. The maximum absolute atomic E-state index is 13.3. The highest BCUT2D eigenvalue weighted by atomic mass is 32.2. The number of thioether (sulfide) groups is 1. The molecule has 0 saturated heterocycles. The SMILES string of the molecule is CCC(C)(CO)NC(=O)CCSc1ccccc1F. The van der Waals surface area contributed by atoms with Gasteiger partial charge in [-0.15, -0.1) is 11.8 Å². The predicted molar refractivity (Wildman–Crippen MR) is 75.7 cm³/mol. The minimum absolute atomic E-state index is 0.0876. The van der Waals surface area contributed by atoms with Gasteiger partial charge in [0.2, 0.25) is 5.91 Å². The molecule has 0 aliphatic heterocycles. The standard InChI is InChI=1S/C14H20FNO2S/c1-3-14(2,10-17)16-13(18)8-9-19-12-7-5-4-6-11(12)15/h4-7,17H,3,8-10H2,1-2H3,(H,16,18). The zero-order valence-corrected chi connectivity index (χ0v) is 12.1. The molecule has 3 nitrogen and oxygen atoms in total. The molecule has 0 heterocycles. The van der Waals surface area contributed by atoms with Crippen LogP contribution >= 0.6 is 11.8 Å². The molecule has 0 aliphatic rings. The summed E-state index contributed by atoms with van der Waals surface area (Å²) in [7, 11) is 0. The topological polar surface area (TPSA) is 49.3 Å². The van der Waals surface area contributed by atoms with E-state index in [1.54, 1.807) is 25.1 Å². The summed E-state index contributed by atoms with van der Waals surface area (Å²) in [5, 5.41) is 12.0. The van der Waals surface area contributed by atoms with Gasteiger partial charge in [0.05, 0.1) is 12.1 Å². The number of rotatable bonds is 7. The summed E-state index contributed by atoms with van der Waals surface area (Å²) in [6.45, 7) is 3.62. The van der Waals surface area contributed by atoms with Crippen molar-refractivity contribution >= 4 is 17.7 Å². The van der Waals surface area contributed by atoms with Crippen LogP contribution < -0.4 is 5.32 Å². The molecule has 0 spiro atoms.